The van der Waals surface area contributed by atoms with Gasteiger partial charge in [-0.15, -0.1) is 0 Å². The fourth-order valence-corrected chi connectivity index (χ4v) is 2.72. The van der Waals surface area contributed by atoms with Gasteiger partial charge < -0.3 is 5.32 Å². The monoisotopic (exact) mass is 339 g/mol. The summed E-state index contributed by atoms with van der Waals surface area (Å²) in [6, 6.07) is 8.78. The molecule has 1 atom stereocenters. The van der Waals surface area contributed by atoms with Crippen LogP contribution in [-0.2, 0) is 0 Å². The lowest BCUT2D eigenvalue weighted by molar-refractivity contribution is 0.343. The fourth-order valence-electron chi connectivity index (χ4n) is 2.30. The fraction of sp³-hybridized carbons (Fsp3) is 0.667. The number of hydrogen-bond donors (Lipinski definition) is 1. The summed E-state index contributed by atoms with van der Waals surface area (Å²) in [5.74, 6) is 1.31. The van der Waals surface area contributed by atoms with Crippen molar-refractivity contribution in [3.8, 4) is 0 Å². The molecule has 0 amide bonds. The summed E-state index contributed by atoms with van der Waals surface area (Å²) in [5.41, 5.74) is 1.85. The molecule has 0 spiro atoms. The van der Waals surface area contributed by atoms with E-state index in [1.165, 1.54) is 22.9 Å². The van der Waals surface area contributed by atoms with Crippen LogP contribution in [-0.4, -0.2) is 13.1 Å². The summed E-state index contributed by atoms with van der Waals surface area (Å²) in [7, 11) is 0. The summed E-state index contributed by atoms with van der Waals surface area (Å²) in [6.45, 7) is 13.7. The Hall–Kier alpha value is -0.340. The SMILES string of the molecule is CC(C)CNCC(CCC(C)(C)C)c1cccc(Br)c1. The zero-order valence-electron chi connectivity index (χ0n) is 13.7. The minimum atomic E-state index is 0.405. The molecule has 20 heavy (non-hydrogen) atoms. The molecule has 1 rings (SSSR count). The third kappa shape index (κ3) is 7.44. The Balaban J connectivity index is 2.68. The number of nitrogens with one attached hydrogen (secondary N) is 1. The van der Waals surface area contributed by atoms with Crippen LogP contribution in [0.4, 0.5) is 0 Å². The number of halogens is 1. The molecule has 0 aliphatic rings. The van der Waals surface area contributed by atoms with Crippen molar-refractivity contribution in [2.75, 3.05) is 13.1 Å². The van der Waals surface area contributed by atoms with Gasteiger partial charge >= 0.3 is 0 Å². The molecule has 0 aliphatic heterocycles. The molecule has 1 unspecified atom stereocenters. The molecule has 0 saturated heterocycles. The first-order chi connectivity index (χ1) is 9.28. The van der Waals surface area contributed by atoms with Crippen molar-refractivity contribution in [1.29, 1.82) is 0 Å². The zero-order chi connectivity index (χ0) is 15.2. The molecule has 0 fully saturated rings. The molecule has 1 N–H and O–H groups in total. The largest absolute Gasteiger partial charge is 0.316 e. The van der Waals surface area contributed by atoms with Gasteiger partial charge in [0, 0.05) is 11.0 Å². The Morgan fingerprint density at radius 3 is 2.40 bits per heavy atom. The van der Waals surface area contributed by atoms with E-state index in [9.17, 15) is 0 Å². The summed E-state index contributed by atoms with van der Waals surface area (Å²) < 4.78 is 1.18. The van der Waals surface area contributed by atoms with Crippen LogP contribution in [0.5, 0.6) is 0 Å². The number of benzene rings is 1. The average molecular weight is 340 g/mol. The molecule has 1 aromatic carbocycles. The van der Waals surface area contributed by atoms with E-state index in [0.717, 1.165) is 13.1 Å². The Morgan fingerprint density at radius 1 is 1.15 bits per heavy atom. The van der Waals surface area contributed by atoms with Gasteiger partial charge in [0.05, 0.1) is 0 Å². The molecule has 0 aromatic heterocycles. The second-order valence-electron chi connectivity index (χ2n) is 7.40. The molecular formula is C18H30BrN. The maximum absolute atomic E-state index is 3.62. The number of hydrogen-bond acceptors (Lipinski definition) is 1. The Kier molecular flexibility index (Phi) is 7.25. The molecular weight excluding hydrogens is 310 g/mol. The van der Waals surface area contributed by atoms with E-state index >= 15 is 0 Å². The van der Waals surface area contributed by atoms with Gasteiger partial charge in [-0.2, -0.15) is 0 Å². The molecule has 1 aromatic rings. The highest BCUT2D eigenvalue weighted by atomic mass is 79.9. The van der Waals surface area contributed by atoms with Crippen molar-refractivity contribution in [1.82, 2.24) is 5.32 Å². The van der Waals surface area contributed by atoms with Gasteiger partial charge in [0.15, 0.2) is 0 Å². The normalized spacial score (nSPS) is 13.8. The van der Waals surface area contributed by atoms with Crippen molar-refractivity contribution in [2.45, 2.75) is 53.4 Å². The second-order valence-corrected chi connectivity index (χ2v) is 8.32. The zero-order valence-corrected chi connectivity index (χ0v) is 15.3. The number of rotatable bonds is 7. The van der Waals surface area contributed by atoms with Gasteiger partial charge in [0.2, 0.25) is 0 Å². The highest BCUT2D eigenvalue weighted by Crippen LogP contribution is 2.29. The molecule has 0 aliphatic carbocycles. The summed E-state index contributed by atoms with van der Waals surface area (Å²) >= 11 is 3.59. The van der Waals surface area contributed by atoms with Crippen molar-refractivity contribution >= 4 is 15.9 Å². The molecule has 0 radical (unpaired) electrons. The van der Waals surface area contributed by atoms with E-state index in [0.29, 0.717) is 17.3 Å². The van der Waals surface area contributed by atoms with Gasteiger partial charge in [-0.1, -0.05) is 62.7 Å². The topological polar surface area (TPSA) is 12.0 Å². The molecule has 2 heteroatoms. The standard InChI is InChI=1S/C18H30BrN/c1-14(2)12-20-13-16(9-10-18(3,4)5)15-7-6-8-17(19)11-15/h6-8,11,14,16,20H,9-10,12-13H2,1-5H3. The molecule has 114 valence electrons. The highest BCUT2D eigenvalue weighted by Gasteiger charge is 2.17. The third-order valence-electron chi connectivity index (χ3n) is 3.51. The van der Waals surface area contributed by atoms with E-state index < -0.39 is 0 Å². The molecule has 0 saturated carbocycles. The van der Waals surface area contributed by atoms with Crippen LogP contribution in [0.1, 0.15) is 58.9 Å². The van der Waals surface area contributed by atoms with Crippen LogP contribution < -0.4 is 5.32 Å². The molecule has 0 heterocycles. The first-order valence-corrected chi connectivity index (χ1v) is 8.53. The van der Waals surface area contributed by atoms with Gasteiger partial charge in [-0.25, -0.2) is 0 Å². The Morgan fingerprint density at radius 2 is 1.85 bits per heavy atom. The van der Waals surface area contributed by atoms with Gasteiger partial charge in [-0.3, -0.25) is 0 Å². The van der Waals surface area contributed by atoms with Crippen molar-refractivity contribution in [2.24, 2.45) is 11.3 Å². The molecule has 1 nitrogen and oxygen atoms in total. The van der Waals surface area contributed by atoms with Crippen LogP contribution in [0.3, 0.4) is 0 Å². The first-order valence-electron chi connectivity index (χ1n) is 7.74. The average Bonchev–Trinajstić information content (AvgIpc) is 2.31. The van der Waals surface area contributed by atoms with E-state index in [2.05, 4.69) is 80.1 Å². The minimum Gasteiger partial charge on any atom is -0.316 e. The summed E-state index contributed by atoms with van der Waals surface area (Å²) in [6.07, 6.45) is 2.50. The lowest BCUT2D eigenvalue weighted by Crippen LogP contribution is -2.26. The smallest absolute Gasteiger partial charge is 0.0178 e. The summed E-state index contributed by atoms with van der Waals surface area (Å²) in [5, 5.41) is 3.62. The third-order valence-corrected chi connectivity index (χ3v) is 4.00. The van der Waals surface area contributed by atoms with Crippen LogP contribution >= 0.6 is 15.9 Å². The molecule has 0 bridgehead atoms. The van der Waals surface area contributed by atoms with Crippen LogP contribution in [0.25, 0.3) is 0 Å². The van der Waals surface area contributed by atoms with Crippen molar-refractivity contribution < 1.29 is 0 Å². The predicted molar refractivity (Wildman–Crippen MR) is 93.3 cm³/mol. The predicted octanol–water partition coefficient (Wildman–Crippen LogP) is 5.60. The van der Waals surface area contributed by atoms with Gasteiger partial charge in [0.1, 0.15) is 0 Å². The van der Waals surface area contributed by atoms with E-state index in [1.807, 2.05) is 0 Å². The van der Waals surface area contributed by atoms with Crippen molar-refractivity contribution in [3.05, 3.63) is 34.3 Å². The van der Waals surface area contributed by atoms with Crippen LogP contribution in [0.2, 0.25) is 0 Å². The van der Waals surface area contributed by atoms with E-state index in [4.69, 9.17) is 0 Å². The van der Waals surface area contributed by atoms with E-state index in [-0.39, 0.29) is 0 Å². The second kappa shape index (κ2) is 8.19. The van der Waals surface area contributed by atoms with Gasteiger partial charge in [-0.05, 0) is 54.3 Å². The minimum absolute atomic E-state index is 0.405. The first kappa shape index (κ1) is 17.7. The quantitative estimate of drug-likeness (QED) is 0.681. The van der Waals surface area contributed by atoms with Gasteiger partial charge in [0.25, 0.3) is 0 Å². The lowest BCUT2D eigenvalue weighted by atomic mass is 9.84. The van der Waals surface area contributed by atoms with E-state index in [1.54, 1.807) is 0 Å². The lowest BCUT2D eigenvalue weighted by Gasteiger charge is -2.24. The summed E-state index contributed by atoms with van der Waals surface area (Å²) in [4.78, 5) is 0. The van der Waals surface area contributed by atoms with Crippen LogP contribution in [0.15, 0.2) is 28.7 Å². The maximum Gasteiger partial charge on any atom is 0.0178 e. The maximum atomic E-state index is 3.62. The Labute approximate surface area is 133 Å². The van der Waals surface area contributed by atoms with Crippen LogP contribution in [0, 0.1) is 11.3 Å². The highest BCUT2D eigenvalue weighted by molar-refractivity contribution is 9.10. The van der Waals surface area contributed by atoms with Crippen molar-refractivity contribution in [3.63, 3.8) is 0 Å². The Bertz CT molecular complexity index is 393.